The van der Waals surface area contributed by atoms with Gasteiger partial charge in [0.1, 0.15) is 11.5 Å². The molecule has 1 aromatic heterocycles. The lowest BCUT2D eigenvalue weighted by atomic mass is 10.2. The molecule has 1 amide bonds. The first-order valence-corrected chi connectivity index (χ1v) is 12.4. The van der Waals surface area contributed by atoms with E-state index in [-0.39, 0.29) is 30.3 Å². The summed E-state index contributed by atoms with van der Waals surface area (Å²) in [5, 5.41) is 0. The summed E-state index contributed by atoms with van der Waals surface area (Å²) in [6.07, 6.45) is 2.26. The van der Waals surface area contributed by atoms with Crippen molar-refractivity contribution in [1.82, 2.24) is 14.2 Å². The van der Waals surface area contributed by atoms with Gasteiger partial charge in [0, 0.05) is 44.6 Å². The number of rotatable bonds is 8. The Morgan fingerprint density at radius 1 is 0.941 bits per heavy atom. The molecule has 180 valence electrons. The average molecular weight is 486 g/mol. The first-order valence-electron chi connectivity index (χ1n) is 10.9. The SMILES string of the molecule is COc1ccc(-c2cnc(CCC(=O)N3CCN(S(=O)(=O)c4ccc(OC)cc4)CC3)o2)cc1. The van der Waals surface area contributed by atoms with Crippen LogP contribution in [0.15, 0.2) is 64.0 Å². The molecule has 0 bridgehead atoms. The molecular weight excluding hydrogens is 458 g/mol. The molecule has 0 unspecified atom stereocenters. The van der Waals surface area contributed by atoms with Crippen LogP contribution in [0.5, 0.6) is 11.5 Å². The van der Waals surface area contributed by atoms with Gasteiger partial charge in [0.25, 0.3) is 0 Å². The number of aromatic nitrogens is 1. The van der Waals surface area contributed by atoms with Crippen molar-refractivity contribution in [2.24, 2.45) is 0 Å². The first-order chi connectivity index (χ1) is 16.4. The number of aryl methyl sites for hydroxylation is 1. The van der Waals surface area contributed by atoms with E-state index in [0.29, 0.717) is 36.9 Å². The van der Waals surface area contributed by atoms with Gasteiger partial charge >= 0.3 is 0 Å². The number of ether oxygens (including phenoxy) is 2. The van der Waals surface area contributed by atoms with Crippen LogP contribution in [0, 0.1) is 0 Å². The molecule has 0 atom stereocenters. The van der Waals surface area contributed by atoms with Crippen molar-refractivity contribution in [3.8, 4) is 22.8 Å². The molecule has 1 saturated heterocycles. The summed E-state index contributed by atoms with van der Waals surface area (Å²) in [6, 6.07) is 13.8. The van der Waals surface area contributed by atoms with E-state index >= 15 is 0 Å². The van der Waals surface area contributed by atoms with E-state index in [1.54, 1.807) is 30.3 Å². The summed E-state index contributed by atoms with van der Waals surface area (Å²) in [4.78, 5) is 18.9. The number of hydrogen-bond donors (Lipinski definition) is 0. The summed E-state index contributed by atoms with van der Waals surface area (Å²) in [6.45, 7) is 1.19. The van der Waals surface area contributed by atoms with Crippen molar-refractivity contribution in [1.29, 1.82) is 0 Å². The quantitative estimate of drug-likeness (QED) is 0.483. The Bertz CT molecular complexity index is 1210. The van der Waals surface area contributed by atoms with Crippen LogP contribution in [0.25, 0.3) is 11.3 Å². The molecule has 3 aromatic rings. The second kappa shape index (κ2) is 10.3. The Morgan fingerprint density at radius 2 is 1.53 bits per heavy atom. The van der Waals surface area contributed by atoms with E-state index in [1.165, 1.54) is 23.5 Å². The molecule has 2 heterocycles. The standard InChI is InChI=1S/C24H27N3O6S/c1-31-19-5-3-18(4-6-19)22-17-25-23(33-22)11-12-24(28)26-13-15-27(16-14-26)34(29,30)21-9-7-20(32-2)8-10-21/h3-10,17H,11-16H2,1-2H3. The topological polar surface area (TPSA) is 102 Å². The van der Waals surface area contributed by atoms with Crippen molar-refractivity contribution in [3.63, 3.8) is 0 Å². The molecule has 2 aromatic carbocycles. The number of carbonyl (C=O) groups excluding carboxylic acids is 1. The lowest BCUT2D eigenvalue weighted by molar-refractivity contribution is -0.132. The van der Waals surface area contributed by atoms with Crippen LogP contribution in [0.4, 0.5) is 0 Å². The number of benzene rings is 2. The number of piperazine rings is 1. The first kappa shape index (κ1) is 23.8. The Morgan fingerprint density at radius 3 is 2.12 bits per heavy atom. The molecule has 1 fully saturated rings. The zero-order chi connectivity index (χ0) is 24.1. The molecule has 1 aliphatic rings. The predicted molar refractivity (Wildman–Crippen MR) is 125 cm³/mol. The van der Waals surface area contributed by atoms with Crippen molar-refractivity contribution >= 4 is 15.9 Å². The van der Waals surface area contributed by atoms with Crippen LogP contribution in [-0.4, -0.2) is 68.9 Å². The summed E-state index contributed by atoms with van der Waals surface area (Å²) in [5.74, 6) is 2.41. The molecule has 1 aliphatic heterocycles. The fourth-order valence-corrected chi connectivity index (χ4v) is 5.18. The molecule has 0 saturated carbocycles. The van der Waals surface area contributed by atoms with Gasteiger partial charge in [-0.3, -0.25) is 4.79 Å². The van der Waals surface area contributed by atoms with Crippen molar-refractivity contribution in [2.45, 2.75) is 17.7 Å². The molecule has 34 heavy (non-hydrogen) atoms. The lowest BCUT2D eigenvalue weighted by Gasteiger charge is -2.34. The predicted octanol–water partition coefficient (Wildman–Crippen LogP) is 2.82. The van der Waals surface area contributed by atoms with Gasteiger partial charge in [0.05, 0.1) is 25.3 Å². The molecule has 0 spiro atoms. The number of sulfonamides is 1. The number of carbonyl (C=O) groups is 1. The molecular formula is C24H27N3O6S. The fraction of sp³-hybridized carbons (Fsp3) is 0.333. The molecule has 10 heteroatoms. The molecule has 0 aliphatic carbocycles. The zero-order valence-corrected chi connectivity index (χ0v) is 20.0. The zero-order valence-electron chi connectivity index (χ0n) is 19.1. The Balaban J connectivity index is 1.29. The van der Waals surface area contributed by atoms with E-state index in [2.05, 4.69) is 4.98 Å². The van der Waals surface area contributed by atoms with E-state index in [4.69, 9.17) is 13.9 Å². The second-order valence-electron chi connectivity index (χ2n) is 7.81. The normalized spacial score (nSPS) is 14.7. The smallest absolute Gasteiger partial charge is 0.243 e. The van der Waals surface area contributed by atoms with Gasteiger partial charge in [-0.15, -0.1) is 0 Å². The molecule has 9 nitrogen and oxygen atoms in total. The minimum Gasteiger partial charge on any atom is -0.497 e. The molecule has 0 radical (unpaired) electrons. The number of nitrogens with zero attached hydrogens (tertiary/aromatic N) is 3. The highest BCUT2D eigenvalue weighted by atomic mass is 32.2. The van der Waals surface area contributed by atoms with Gasteiger partial charge in [-0.1, -0.05) is 0 Å². The molecule has 4 rings (SSSR count). The minimum atomic E-state index is -3.61. The lowest BCUT2D eigenvalue weighted by Crippen LogP contribution is -2.50. The van der Waals surface area contributed by atoms with Crippen molar-refractivity contribution in [3.05, 3.63) is 60.6 Å². The highest BCUT2D eigenvalue weighted by molar-refractivity contribution is 7.89. The third-order valence-corrected chi connectivity index (χ3v) is 7.68. The maximum Gasteiger partial charge on any atom is 0.243 e. The van der Waals surface area contributed by atoms with Crippen LogP contribution in [0.2, 0.25) is 0 Å². The van der Waals surface area contributed by atoms with E-state index in [1.807, 2.05) is 24.3 Å². The highest BCUT2D eigenvalue weighted by Crippen LogP contribution is 2.24. The van der Waals surface area contributed by atoms with Crippen LogP contribution >= 0.6 is 0 Å². The van der Waals surface area contributed by atoms with Gasteiger partial charge in [-0.2, -0.15) is 4.31 Å². The van der Waals surface area contributed by atoms with E-state index < -0.39 is 10.0 Å². The minimum absolute atomic E-state index is 0.0503. The third-order valence-electron chi connectivity index (χ3n) is 5.77. The summed E-state index contributed by atoms with van der Waals surface area (Å²) >= 11 is 0. The van der Waals surface area contributed by atoms with Crippen LogP contribution in [-0.2, 0) is 21.2 Å². The van der Waals surface area contributed by atoms with Crippen LogP contribution < -0.4 is 9.47 Å². The van der Waals surface area contributed by atoms with E-state index in [0.717, 1.165) is 11.3 Å². The fourth-order valence-electron chi connectivity index (χ4n) is 3.76. The van der Waals surface area contributed by atoms with E-state index in [9.17, 15) is 13.2 Å². The number of amides is 1. The number of hydrogen-bond acceptors (Lipinski definition) is 7. The average Bonchev–Trinajstić information content (AvgIpc) is 3.36. The monoisotopic (exact) mass is 485 g/mol. The maximum absolute atomic E-state index is 12.9. The van der Waals surface area contributed by atoms with Gasteiger partial charge < -0.3 is 18.8 Å². The third kappa shape index (κ3) is 5.23. The molecule has 0 N–H and O–H groups in total. The van der Waals surface area contributed by atoms with Crippen LogP contribution in [0.1, 0.15) is 12.3 Å². The number of oxazole rings is 1. The van der Waals surface area contributed by atoms with Gasteiger partial charge in [0.15, 0.2) is 11.7 Å². The Hall–Kier alpha value is -3.37. The summed E-state index contributed by atoms with van der Waals surface area (Å²) in [7, 11) is -0.474. The van der Waals surface area contributed by atoms with Gasteiger partial charge in [0.2, 0.25) is 15.9 Å². The largest absolute Gasteiger partial charge is 0.497 e. The number of methoxy groups -OCH3 is 2. The summed E-state index contributed by atoms with van der Waals surface area (Å²) < 4.78 is 43.2. The van der Waals surface area contributed by atoms with Crippen molar-refractivity contribution in [2.75, 3.05) is 40.4 Å². The Kier molecular flexibility index (Phi) is 7.18. The Labute approximate surface area is 199 Å². The highest BCUT2D eigenvalue weighted by Gasteiger charge is 2.30. The second-order valence-corrected chi connectivity index (χ2v) is 9.75. The maximum atomic E-state index is 12.9. The van der Waals surface area contributed by atoms with Crippen LogP contribution in [0.3, 0.4) is 0 Å². The van der Waals surface area contributed by atoms with Gasteiger partial charge in [-0.25, -0.2) is 13.4 Å². The summed E-state index contributed by atoms with van der Waals surface area (Å²) in [5.41, 5.74) is 0.875. The van der Waals surface area contributed by atoms with Gasteiger partial charge in [-0.05, 0) is 48.5 Å². The van der Waals surface area contributed by atoms with Crippen molar-refractivity contribution < 1.29 is 27.1 Å².